The van der Waals surface area contributed by atoms with Gasteiger partial charge in [0.15, 0.2) is 0 Å². The number of hydrogen-bond donors (Lipinski definition) is 1. The van der Waals surface area contributed by atoms with Crippen LogP contribution in [0.5, 0.6) is 0 Å². The summed E-state index contributed by atoms with van der Waals surface area (Å²) in [5.41, 5.74) is 0.706. The molecule has 7 nitrogen and oxygen atoms in total. The van der Waals surface area contributed by atoms with Crippen molar-refractivity contribution in [3.63, 3.8) is 0 Å². The van der Waals surface area contributed by atoms with Crippen molar-refractivity contribution in [2.45, 2.75) is 46.7 Å². The van der Waals surface area contributed by atoms with Crippen LogP contribution in [0.25, 0.3) is 10.8 Å². The molecule has 206 valence electrons. The minimum atomic E-state index is -0.856. The van der Waals surface area contributed by atoms with Gasteiger partial charge in [-0.2, -0.15) is 0 Å². The zero-order valence-corrected chi connectivity index (χ0v) is 24.3. The highest BCUT2D eigenvalue weighted by atomic mass is 79.9. The Kier molecular flexibility index (Phi) is 7.95. The van der Waals surface area contributed by atoms with Gasteiger partial charge in [-0.25, -0.2) is 0 Å². The van der Waals surface area contributed by atoms with Crippen LogP contribution in [-0.4, -0.2) is 74.5 Å². The van der Waals surface area contributed by atoms with E-state index in [0.717, 1.165) is 10.8 Å². The molecule has 0 aliphatic carbocycles. The van der Waals surface area contributed by atoms with E-state index in [9.17, 15) is 19.5 Å². The molecule has 3 unspecified atom stereocenters. The third-order valence-electron chi connectivity index (χ3n) is 8.27. The summed E-state index contributed by atoms with van der Waals surface area (Å²) in [5, 5.41) is 12.2. The minimum absolute atomic E-state index is 0.0585. The molecule has 3 aliphatic heterocycles. The van der Waals surface area contributed by atoms with Crippen LogP contribution in [0.1, 0.15) is 19.8 Å². The number of carbonyl (C=O) groups is 3. The molecule has 3 saturated heterocycles. The van der Waals surface area contributed by atoms with E-state index in [-0.39, 0.29) is 41.6 Å². The zero-order chi connectivity index (χ0) is 27.9. The number of amides is 2. The molecule has 1 spiro atoms. The first-order valence-electron chi connectivity index (χ1n) is 13.3. The second-order valence-electron chi connectivity index (χ2n) is 10.3. The Balaban J connectivity index is 1.61. The fourth-order valence-electron chi connectivity index (χ4n) is 6.60. The van der Waals surface area contributed by atoms with E-state index in [1.54, 1.807) is 27.6 Å². The Bertz CT molecular complexity index is 1320. The number of ether oxygens (including phenoxy) is 1. The number of anilines is 1. The summed E-state index contributed by atoms with van der Waals surface area (Å²) >= 11 is 5.31. The van der Waals surface area contributed by atoms with Crippen molar-refractivity contribution in [1.82, 2.24) is 4.90 Å². The maximum absolute atomic E-state index is 14.7. The molecule has 0 radical (unpaired) electrons. The molecule has 3 aliphatic rings. The first-order chi connectivity index (χ1) is 18.8. The summed E-state index contributed by atoms with van der Waals surface area (Å²) in [6.07, 6.45) is 4.21. The van der Waals surface area contributed by atoms with E-state index >= 15 is 0 Å². The van der Waals surface area contributed by atoms with Crippen molar-refractivity contribution in [2.75, 3.05) is 24.7 Å². The maximum Gasteiger partial charge on any atom is 0.311 e. The van der Waals surface area contributed by atoms with Gasteiger partial charge in [0.05, 0.1) is 29.2 Å². The number of fused-ring (bicyclic) bond motifs is 2. The van der Waals surface area contributed by atoms with Crippen molar-refractivity contribution < 1.29 is 24.2 Å². The van der Waals surface area contributed by atoms with Crippen molar-refractivity contribution in [3.8, 4) is 0 Å². The molecule has 0 saturated carbocycles. The first kappa shape index (κ1) is 27.9. The molecule has 3 fully saturated rings. The Morgan fingerprint density at radius 3 is 2.67 bits per heavy atom. The molecule has 2 bridgehead atoms. The van der Waals surface area contributed by atoms with Crippen molar-refractivity contribution in [2.24, 2.45) is 11.8 Å². The first-order valence-corrected chi connectivity index (χ1v) is 15.1. The Morgan fingerprint density at radius 1 is 1.26 bits per heavy atom. The maximum atomic E-state index is 14.7. The highest BCUT2D eigenvalue weighted by molar-refractivity contribution is 9.09. The summed E-state index contributed by atoms with van der Waals surface area (Å²) in [6, 6.07) is 12.4. The van der Waals surface area contributed by atoms with Crippen molar-refractivity contribution >= 4 is 61.9 Å². The topological polar surface area (TPSA) is 87.1 Å². The molecule has 2 aromatic rings. The molecular weight excluding hydrogens is 580 g/mol. The number of esters is 1. The van der Waals surface area contributed by atoms with Gasteiger partial charge in [0.1, 0.15) is 12.6 Å². The number of carbonyl (C=O) groups excluding carboxylic acids is 3. The fraction of sp³-hybridized carbons (Fsp3) is 0.433. The number of nitrogens with zero attached hydrogens (tertiary/aromatic N) is 2. The molecule has 7 atom stereocenters. The Hall–Kier alpha value is -2.62. The largest absolute Gasteiger partial charge is 0.461 e. The fourth-order valence-corrected chi connectivity index (χ4v) is 10.2. The van der Waals surface area contributed by atoms with Crippen LogP contribution in [0.2, 0.25) is 0 Å². The second kappa shape index (κ2) is 11.1. The van der Waals surface area contributed by atoms with Gasteiger partial charge < -0.3 is 19.6 Å². The SMILES string of the molecule is C=CCOC(=O)[C@H]1[C@H]2C(=O)N([C@@H](CC)CO)C(C(=O)N(CC=C)c3ccc4ccccc4c3)C23CC(Br)[C@@H]1S3. The second-order valence-corrected chi connectivity index (χ2v) is 13.1. The number of hydrogen-bond acceptors (Lipinski definition) is 6. The monoisotopic (exact) mass is 612 g/mol. The molecule has 3 heterocycles. The zero-order valence-electron chi connectivity index (χ0n) is 21.9. The average molecular weight is 614 g/mol. The van der Waals surface area contributed by atoms with E-state index in [0.29, 0.717) is 18.5 Å². The lowest BCUT2D eigenvalue weighted by molar-refractivity contribution is -0.153. The van der Waals surface area contributed by atoms with Gasteiger partial charge in [-0.3, -0.25) is 14.4 Å². The highest BCUT2D eigenvalue weighted by Crippen LogP contribution is 2.68. The predicted octanol–water partition coefficient (Wildman–Crippen LogP) is 4.32. The number of alkyl halides is 1. The predicted molar refractivity (Wildman–Crippen MR) is 158 cm³/mol. The van der Waals surface area contributed by atoms with Gasteiger partial charge in [-0.05, 0) is 35.7 Å². The van der Waals surface area contributed by atoms with Crippen LogP contribution in [0.3, 0.4) is 0 Å². The molecule has 2 aromatic carbocycles. The van der Waals surface area contributed by atoms with Gasteiger partial charge in [-0.15, -0.1) is 18.3 Å². The number of benzene rings is 2. The lowest BCUT2D eigenvalue weighted by atomic mass is 9.71. The number of halogens is 1. The lowest BCUT2D eigenvalue weighted by Crippen LogP contribution is -2.58. The number of aliphatic hydroxyl groups excluding tert-OH is 1. The lowest BCUT2D eigenvalue weighted by Gasteiger charge is -2.39. The Morgan fingerprint density at radius 2 is 2.00 bits per heavy atom. The van der Waals surface area contributed by atoms with E-state index < -0.39 is 34.6 Å². The molecular formula is C30H33BrN2O5S. The van der Waals surface area contributed by atoms with Crippen LogP contribution in [0.4, 0.5) is 5.69 Å². The third-order valence-corrected chi connectivity index (χ3v) is 11.5. The van der Waals surface area contributed by atoms with Gasteiger partial charge in [0.2, 0.25) is 5.91 Å². The van der Waals surface area contributed by atoms with Crippen LogP contribution in [0.15, 0.2) is 67.8 Å². The highest BCUT2D eigenvalue weighted by Gasteiger charge is 2.76. The molecule has 39 heavy (non-hydrogen) atoms. The third kappa shape index (κ3) is 4.43. The molecule has 9 heteroatoms. The minimum Gasteiger partial charge on any atom is -0.461 e. The number of aliphatic hydroxyl groups is 1. The molecule has 2 amide bonds. The van der Waals surface area contributed by atoms with Gasteiger partial charge in [0.25, 0.3) is 5.91 Å². The summed E-state index contributed by atoms with van der Waals surface area (Å²) in [5.74, 6) is -2.34. The molecule has 5 rings (SSSR count). The molecule has 0 aromatic heterocycles. The normalized spacial score (nSPS) is 29.8. The van der Waals surface area contributed by atoms with Crippen molar-refractivity contribution in [1.29, 1.82) is 0 Å². The van der Waals surface area contributed by atoms with Crippen LogP contribution in [0, 0.1) is 11.8 Å². The Labute approximate surface area is 241 Å². The summed E-state index contributed by atoms with van der Waals surface area (Å²) in [6.45, 7) is 9.44. The van der Waals surface area contributed by atoms with E-state index in [1.165, 1.54) is 6.08 Å². The quantitative estimate of drug-likeness (QED) is 0.244. The number of thioether (sulfide) groups is 1. The summed E-state index contributed by atoms with van der Waals surface area (Å²) in [7, 11) is 0. The van der Waals surface area contributed by atoms with Crippen LogP contribution >= 0.6 is 27.7 Å². The van der Waals surface area contributed by atoms with Crippen LogP contribution in [-0.2, 0) is 19.1 Å². The standard InChI is InChI=1S/C30H33BrN2O5S/c1-4-13-32(21-12-11-18-9-7-8-10-19(18)15-21)28(36)26-30-16-22(31)25(39-30)23(29(37)38-14-5-2)24(30)27(35)33(26)20(6-3)17-34/h4-5,7-12,15,20,22-26,34H,1-2,6,13-14,16-17H2,3H3/t20-,22?,23-,24-,25-,26?,30?/m0/s1. The summed E-state index contributed by atoms with van der Waals surface area (Å²) < 4.78 is 4.62. The smallest absolute Gasteiger partial charge is 0.311 e. The van der Waals surface area contributed by atoms with E-state index in [4.69, 9.17) is 4.74 Å². The van der Waals surface area contributed by atoms with E-state index in [1.807, 2.05) is 49.4 Å². The average Bonchev–Trinajstić information content (AvgIpc) is 3.54. The van der Waals surface area contributed by atoms with Crippen LogP contribution < -0.4 is 4.90 Å². The van der Waals surface area contributed by atoms with Gasteiger partial charge >= 0.3 is 5.97 Å². The van der Waals surface area contributed by atoms with Crippen molar-refractivity contribution in [3.05, 3.63) is 67.8 Å². The summed E-state index contributed by atoms with van der Waals surface area (Å²) in [4.78, 5) is 45.3. The molecule has 1 N–H and O–H groups in total. The van der Waals surface area contributed by atoms with Gasteiger partial charge in [-0.1, -0.05) is 71.9 Å². The number of rotatable bonds is 10. The van der Waals surface area contributed by atoms with Gasteiger partial charge in [0, 0.05) is 22.3 Å². The van der Waals surface area contributed by atoms with E-state index in [2.05, 4.69) is 29.1 Å². The number of likely N-dealkylation sites (tertiary alicyclic amines) is 1.